The maximum absolute atomic E-state index is 14.0. The lowest BCUT2D eigenvalue weighted by molar-refractivity contribution is 0.358. The van der Waals surface area contributed by atoms with Crippen molar-refractivity contribution in [3.8, 4) is 16.9 Å². The van der Waals surface area contributed by atoms with Crippen LogP contribution in [-0.4, -0.2) is 6.61 Å². The van der Waals surface area contributed by atoms with Crippen LogP contribution >= 0.6 is 11.6 Å². The number of hydrogen-bond donors (Lipinski definition) is 0. The lowest BCUT2D eigenvalue weighted by atomic mass is 10.0. The molecule has 0 aliphatic rings. The Morgan fingerprint density at radius 3 is 2.58 bits per heavy atom. The van der Waals surface area contributed by atoms with Crippen molar-refractivity contribution < 1.29 is 13.5 Å². The molecule has 1 nitrogen and oxygen atoms in total. The van der Waals surface area contributed by atoms with Gasteiger partial charge in [-0.15, -0.1) is 0 Å². The Hall–Kier alpha value is -1.87. The minimum Gasteiger partial charge on any atom is -0.489 e. The van der Waals surface area contributed by atoms with E-state index in [1.807, 2.05) is 0 Å². The summed E-state index contributed by atoms with van der Waals surface area (Å²) < 4.78 is 33.1. The lowest BCUT2D eigenvalue weighted by Crippen LogP contribution is -1.97. The van der Waals surface area contributed by atoms with E-state index in [1.54, 1.807) is 6.07 Å². The van der Waals surface area contributed by atoms with Gasteiger partial charge >= 0.3 is 0 Å². The highest BCUT2D eigenvalue weighted by Crippen LogP contribution is 2.33. The first kappa shape index (κ1) is 13.6. The van der Waals surface area contributed by atoms with E-state index in [2.05, 4.69) is 12.6 Å². The van der Waals surface area contributed by atoms with Crippen molar-refractivity contribution in [2.75, 3.05) is 6.61 Å². The molecule has 0 heterocycles. The third-order valence-corrected chi connectivity index (χ3v) is 2.78. The molecule has 0 spiro atoms. The van der Waals surface area contributed by atoms with E-state index in [1.165, 1.54) is 18.2 Å². The van der Waals surface area contributed by atoms with Gasteiger partial charge in [0.15, 0.2) is 0 Å². The van der Waals surface area contributed by atoms with Crippen LogP contribution in [-0.2, 0) is 0 Å². The van der Waals surface area contributed by atoms with Crippen LogP contribution in [0.1, 0.15) is 0 Å². The van der Waals surface area contributed by atoms with E-state index in [4.69, 9.17) is 16.3 Å². The zero-order valence-corrected chi connectivity index (χ0v) is 10.7. The average Bonchev–Trinajstić information content (AvgIpc) is 2.38. The monoisotopic (exact) mass is 279 g/mol. The van der Waals surface area contributed by atoms with Gasteiger partial charge in [0.1, 0.15) is 24.0 Å². The van der Waals surface area contributed by atoms with E-state index in [0.717, 1.165) is 12.1 Å². The van der Waals surface area contributed by atoms with Gasteiger partial charge in [0, 0.05) is 22.7 Å². The van der Waals surface area contributed by atoms with E-state index < -0.39 is 11.6 Å². The largest absolute Gasteiger partial charge is 0.489 e. The standard InChI is InChI=1S/C15H10ClF2O/c1-2-7-19-10-8-13(17)15(14(18)9-10)11-5-3-4-6-12(11)16/h2-3,5-6,8-9H,1,7H2. The first-order valence-corrected chi connectivity index (χ1v) is 5.90. The molecule has 2 aromatic carbocycles. The summed E-state index contributed by atoms with van der Waals surface area (Å²) in [4.78, 5) is 0. The van der Waals surface area contributed by atoms with Crippen molar-refractivity contribution in [3.05, 3.63) is 65.7 Å². The van der Waals surface area contributed by atoms with Crippen molar-refractivity contribution in [1.29, 1.82) is 0 Å². The maximum Gasteiger partial charge on any atom is 0.137 e. The average molecular weight is 280 g/mol. The molecule has 0 bridgehead atoms. The lowest BCUT2D eigenvalue weighted by Gasteiger charge is -2.10. The summed E-state index contributed by atoms with van der Waals surface area (Å²) in [5.41, 5.74) is 0.107. The smallest absolute Gasteiger partial charge is 0.137 e. The summed E-state index contributed by atoms with van der Waals surface area (Å²) in [6.07, 6.45) is 1.49. The molecule has 19 heavy (non-hydrogen) atoms. The van der Waals surface area contributed by atoms with Crippen molar-refractivity contribution in [1.82, 2.24) is 0 Å². The normalized spacial score (nSPS) is 10.3. The summed E-state index contributed by atoms with van der Waals surface area (Å²) in [5, 5.41) is 0.236. The Morgan fingerprint density at radius 2 is 2.00 bits per heavy atom. The topological polar surface area (TPSA) is 9.23 Å². The van der Waals surface area contributed by atoms with Gasteiger partial charge in [-0.05, 0) is 12.1 Å². The van der Waals surface area contributed by atoms with Crippen LogP contribution in [0.2, 0.25) is 5.02 Å². The van der Waals surface area contributed by atoms with Gasteiger partial charge < -0.3 is 4.74 Å². The molecule has 0 saturated carbocycles. The Labute approximate surface area is 115 Å². The van der Waals surface area contributed by atoms with Crippen LogP contribution < -0.4 is 4.74 Å². The van der Waals surface area contributed by atoms with Gasteiger partial charge in [-0.25, -0.2) is 8.78 Å². The molecule has 2 rings (SSSR count). The van der Waals surface area contributed by atoms with E-state index >= 15 is 0 Å². The first-order chi connectivity index (χ1) is 9.13. The van der Waals surface area contributed by atoms with E-state index in [9.17, 15) is 8.78 Å². The highest BCUT2D eigenvalue weighted by Gasteiger charge is 2.16. The number of ether oxygens (including phenoxy) is 1. The molecule has 0 aliphatic heterocycles. The fourth-order valence-corrected chi connectivity index (χ4v) is 1.88. The molecule has 0 aromatic heterocycles. The minimum absolute atomic E-state index is 0.109. The maximum atomic E-state index is 14.0. The van der Waals surface area contributed by atoms with Crippen molar-refractivity contribution in [2.24, 2.45) is 0 Å². The second kappa shape index (κ2) is 5.85. The highest BCUT2D eigenvalue weighted by atomic mass is 35.5. The molecular weight excluding hydrogens is 270 g/mol. The van der Waals surface area contributed by atoms with E-state index in [0.29, 0.717) is 0 Å². The first-order valence-electron chi connectivity index (χ1n) is 5.52. The van der Waals surface area contributed by atoms with E-state index in [-0.39, 0.29) is 28.5 Å². The third kappa shape index (κ3) is 2.93. The van der Waals surface area contributed by atoms with Crippen LogP contribution in [0.4, 0.5) is 8.78 Å². The van der Waals surface area contributed by atoms with Gasteiger partial charge in [0.2, 0.25) is 0 Å². The fourth-order valence-electron chi connectivity index (χ4n) is 1.66. The van der Waals surface area contributed by atoms with Gasteiger partial charge in [0.25, 0.3) is 0 Å². The second-order valence-electron chi connectivity index (χ2n) is 3.77. The molecule has 0 atom stereocenters. The van der Waals surface area contributed by atoms with Crippen molar-refractivity contribution in [3.63, 3.8) is 0 Å². The Balaban J connectivity index is 2.48. The zero-order chi connectivity index (χ0) is 13.8. The molecule has 0 aliphatic carbocycles. The molecule has 2 aromatic rings. The number of halogens is 3. The third-order valence-electron chi connectivity index (χ3n) is 2.47. The molecule has 0 unspecified atom stereocenters. The summed E-state index contributed by atoms with van der Waals surface area (Å²) in [6, 6.07) is 9.48. The molecule has 0 N–H and O–H groups in total. The van der Waals surface area contributed by atoms with Crippen molar-refractivity contribution >= 4 is 11.6 Å². The predicted octanol–water partition coefficient (Wildman–Crippen LogP) is 4.65. The molecular formula is C15H10ClF2O. The zero-order valence-electron chi connectivity index (χ0n) is 9.92. The van der Waals surface area contributed by atoms with Crippen LogP contribution in [0.3, 0.4) is 0 Å². The minimum atomic E-state index is -0.729. The van der Waals surface area contributed by atoms with Gasteiger partial charge in [-0.1, -0.05) is 36.4 Å². The van der Waals surface area contributed by atoms with Crippen LogP contribution in [0.5, 0.6) is 5.75 Å². The van der Waals surface area contributed by atoms with Crippen molar-refractivity contribution in [2.45, 2.75) is 0 Å². The SMILES string of the molecule is C=CCOc1cc(F)c(-c2cc[c]cc2Cl)c(F)c1. The second-order valence-corrected chi connectivity index (χ2v) is 4.17. The molecule has 1 radical (unpaired) electrons. The molecule has 97 valence electrons. The quantitative estimate of drug-likeness (QED) is 0.740. The van der Waals surface area contributed by atoms with Crippen LogP contribution in [0.25, 0.3) is 11.1 Å². The summed E-state index contributed by atoms with van der Waals surface area (Å²) >= 11 is 5.92. The molecule has 4 heteroatoms. The summed E-state index contributed by atoms with van der Waals surface area (Å²) in [5.74, 6) is -1.35. The number of hydrogen-bond acceptors (Lipinski definition) is 1. The van der Waals surface area contributed by atoms with Gasteiger partial charge in [-0.3, -0.25) is 0 Å². The number of benzene rings is 2. The predicted molar refractivity (Wildman–Crippen MR) is 71.3 cm³/mol. The van der Waals surface area contributed by atoms with Gasteiger partial charge in [-0.2, -0.15) is 0 Å². The Bertz CT molecular complexity index is 588. The Morgan fingerprint density at radius 1 is 1.32 bits per heavy atom. The van der Waals surface area contributed by atoms with Crippen LogP contribution in [0, 0.1) is 17.7 Å². The fraction of sp³-hybridized carbons (Fsp3) is 0.0667. The Kier molecular flexibility index (Phi) is 4.17. The highest BCUT2D eigenvalue weighted by molar-refractivity contribution is 6.33. The molecule has 0 amide bonds. The van der Waals surface area contributed by atoms with Crippen LogP contribution in [0.15, 0.2) is 43.0 Å². The van der Waals surface area contributed by atoms with Gasteiger partial charge in [0.05, 0.1) is 5.56 Å². The summed E-state index contributed by atoms with van der Waals surface area (Å²) in [7, 11) is 0. The number of rotatable bonds is 4. The molecule has 0 saturated heterocycles. The summed E-state index contributed by atoms with van der Waals surface area (Å²) in [6.45, 7) is 3.64. The molecule has 0 fully saturated rings.